The molecule has 1 aliphatic heterocycles. The lowest BCUT2D eigenvalue weighted by molar-refractivity contribution is -0.143. The van der Waals surface area contributed by atoms with E-state index in [2.05, 4.69) is 26.6 Å². The number of carboxylic acid groups (broad SMARTS) is 2. The molecule has 288 valence electrons. The first-order valence-electron chi connectivity index (χ1n) is 16.9. The minimum atomic E-state index is -1.36. The zero-order valence-corrected chi connectivity index (χ0v) is 29.3. The normalized spacial score (nSPS) is 16.9. The summed E-state index contributed by atoms with van der Waals surface area (Å²) in [5.74, 6) is -8.06. The molecule has 1 rings (SSSR count). The molecule has 0 spiro atoms. The van der Waals surface area contributed by atoms with E-state index in [0.29, 0.717) is 25.8 Å². The number of hydrogen-bond acceptors (Lipinski definition) is 11. The van der Waals surface area contributed by atoms with Crippen molar-refractivity contribution in [3.8, 4) is 0 Å². The Morgan fingerprint density at radius 3 is 2.04 bits per heavy atom. The van der Waals surface area contributed by atoms with Gasteiger partial charge in [0.25, 0.3) is 0 Å². The molecule has 0 radical (unpaired) electrons. The Balaban J connectivity index is 2.96. The fourth-order valence-electron chi connectivity index (χ4n) is 5.18. The van der Waals surface area contributed by atoms with E-state index in [-0.39, 0.29) is 45.1 Å². The first kappa shape index (κ1) is 44.2. The molecule has 0 aromatic heterocycles. The molecule has 0 aromatic carbocycles. The topological polar surface area (TPSA) is 336 Å². The largest absolute Gasteiger partial charge is 0.481 e. The van der Waals surface area contributed by atoms with Crippen LogP contribution in [-0.4, -0.2) is 124 Å². The average Bonchev–Trinajstić information content (AvgIpc) is 3.56. The number of nitrogens with two attached hydrogens (primary N) is 3. The molecule has 1 fully saturated rings. The Morgan fingerprint density at radius 1 is 0.804 bits per heavy atom. The van der Waals surface area contributed by atoms with Crippen molar-refractivity contribution in [3.05, 3.63) is 0 Å². The first-order chi connectivity index (χ1) is 23.9. The zero-order valence-electron chi connectivity index (χ0n) is 29.3. The van der Waals surface area contributed by atoms with Crippen molar-refractivity contribution in [1.82, 2.24) is 31.5 Å². The van der Waals surface area contributed by atoms with E-state index in [1.165, 1.54) is 11.8 Å². The Kier molecular flexibility index (Phi) is 19.1. The van der Waals surface area contributed by atoms with Gasteiger partial charge in [0.1, 0.15) is 30.2 Å². The van der Waals surface area contributed by atoms with Gasteiger partial charge in [0.2, 0.25) is 41.4 Å². The molecule has 7 amide bonds. The van der Waals surface area contributed by atoms with E-state index in [4.69, 9.17) is 22.3 Å². The highest BCUT2D eigenvalue weighted by Gasteiger charge is 2.40. The van der Waals surface area contributed by atoms with Gasteiger partial charge in [-0.15, -0.1) is 0 Å². The second-order valence-corrected chi connectivity index (χ2v) is 12.7. The van der Waals surface area contributed by atoms with Crippen LogP contribution < -0.4 is 43.8 Å². The number of likely N-dealkylation sites (tertiary alicyclic amines) is 1. The van der Waals surface area contributed by atoms with Crippen LogP contribution in [0.25, 0.3) is 0 Å². The summed E-state index contributed by atoms with van der Waals surface area (Å²) in [5.41, 5.74) is 16.4. The summed E-state index contributed by atoms with van der Waals surface area (Å²) in [7, 11) is 0. The summed E-state index contributed by atoms with van der Waals surface area (Å²) < 4.78 is 0. The van der Waals surface area contributed by atoms with Crippen LogP contribution >= 0.6 is 0 Å². The summed E-state index contributed by atoms with van der Waals surface area (Å²) in [6, 6.07) is -7.13. The van der Waals surface area contributed by atoms with E-state index in [1.807, 2.05) is 0 Å². The minimum Gasteiger partial charge on any atom is -0.481 e. The lowest BCUT2D eigenvalue weighted by Gasteiger charge is -2.31. The summed E-state index contributed by atoms with van der Waals surface area (Å²) in [6.07, 6.45) is 0.720. The lowest BCUT2D eigenvalue weighted by atomic mass is 10.0. The maximum Gasteiger partial charge on any atom is 0.326 e. The van der Waals surface area contributed by atoms with Gasteiger partial charge in [-0.2, -0.15) is 0 Å². The number of carbonyl (C=O) groups is 9. The second kappa shape index (κ2) is 22.1. The van der Waals surface area contributed by atoms with Crippen molar-refractivity contribution >= 4 is 53.3 Å². The van der Waals surface area contributed by atoms with Crippen molar-refractivity contribution in [2.45, 2.75) is 115 Å². The quantitative estimate of drug-likeness (QED) is 0.0455. The number of primary amides is 1. The van der Waals surface area contributed by atoms with Gasteiger partial charge in [-0.25, -0.2) is 4.79 Å². The van der Waals surface area contributed by atoms with E-state index in [0.717, 1.165) is 0 Å². The fraction of sp³-hybridized carbons (Fsp3) is 0.710. The fourth-order valence-corrected chi connectivity index (χ4v) is 5.18. The Hall–Kier alpha value is -4.85. The summed E-state index contributed by atoms with van der Waals surface area (Å²) in [5, 5.41) is 30.4. The monoisotopic (exact) mass is 727 g/mol. The van der Waals surface area contributed by atoms with Gasteiger partial charge in [0.15, 0.2) is 0 Å². The number of nitrogens with zero attached hydrogens (tertiary/aromatic N) is 1. The minimum absolute atomic E-state index is 0.121. The average molecular weight is 728 g/mol. The third kappa shape index (κ3) is 15.7. The van der Waals surface area contributed by atoms with Crippen molar-refractivity contribution in [2.24, 2.45) is 23.1 Å². The molecule has 0 unspecified atom stereocenters. The molecule has 20 heteroatoms. The molecule has 1 aliphatic rings. The third-order valence-corrected chi connectivity index (χ3v) is 8.14. The predicted octanol–water partition coefficient (Wildman–Crippen LogP) is -3.62. The van der Waals surface area contributed by atoms with Crippen molar-refractivity contribution < 1.29 is 53.4 Å². The SMILES string of the molecule is CC(C)[C@H](NC(=O)CNC(=O)[C@@H](N)CCC(=O)O)C(=O)N1CCC[C@H]1C(=O)N[C@@H](CCC(N)=O)C(=O)N[C@@H](C)C(=O)N[C@@H](CCCCN)C(=O)O. The molecule has 51 heavy (non-hydrogen) atoms. The van der Waals surface area contributed by atoms with Crippen LogP contribution in [0.4, 0.5) is 0 Å². The molecule has 1 saturated heterocycles. The van der Waals surface area contributed by atoms with Crippen LogP contribution in [0.5, 0.6) is 0 Å². The third-order valence-electron chi connectivity index (χ3n) is 8.14. The zero-order chi connectivity index (χ0) is 38.8. The van der Waals surface area contributed by atoms with Crippen molar-refractivity contribution in [1.29, 1.82) is 0 Å². The second-order valence-electron chi connectivity index (χ2n) is 12.7. The van der Waals surface area contributed by atoms with E-state index in [9.17, 15) is 48.3 Å². The summed E-state index contributed by atoms with van der Waals surface area (Å²) in [4.78, 5) is 113. The van der Waals surface area contributed by atoms with E-state index >= 15 is 0 Å². The molecule has 20 nitrogen and oxygen atoms in total. The summed E-state index contributed by atoms with van der Waals surface area (Å²) >= 11 is 0. The maximum absolute atomic E-state index is 13.6. The Bertz CT molecular complexity index is 1280. The van der Waals surface area contributed by atoms with Gasteiger partial charge in [-0.1, -0.05) is 13.8 Å². The molecule has 0 saturated carbocycles. The molecule has 1 heterocycles. The smallest absolute Gasteiger partial charge is 0.326 e. The number of amides is 7. The van der Waals surface area contributed by atoms with E-state index in [1.54, 1.807) is 13.8 Å². The molecular formula is C31H53N9O11. The van der Waals surface area contributed by atoms with Gasteiger partial charge < -0.3 is 58.9 Å². The van der Waals surface area contributed by atoms with Crippen LogP contribution in [0.1, 0.15) is 78.6 Å². The summed E-state index contributed by atoms with van der Waals surface area (Å²) in [6.45, 7) is 4.60. The predicted molar refractivity (Wildman–Crippen MR) is 180 cm³/mol. The standard InChI is InChI=1S/C31H53N9O11/c1-16(2)25(39-23(42)15-35-27(46)18(33)9-12-24(43)44)30(49)40-14-6-8-21(40)29(48)37-19(10-11-22(34)41)28(47)36-17(3)26(45)38-20(31(50)51)7-4-5-13-32/h16-21,25H,4-15,32-33H2,1-3H3,(H2,34,41)(H,35,46)(H,36,47)(H,37,48)(H,38,45)(H,39,42)(H,43,44)(H,50,51)/t17-,18-,19-,20-,21-,25-/m0/s1. The molecule has 0 aromatic rings. The van der Waals surface area contributed by atoms with Gasteiger partial charge in [0, 0.05) is 19.4 Å². The Labute approximate surface area is 295 Å². The molecule has 13 N–H and O–H groups in total. The van der Waals surface area contributed by atoms with Crippen LogP contribution in [0.2, 0.25) is 0 Å². The highest BCUT2D eigenvalue weighted by Crippen LogP contribution is 2.21. The highest BCUT2D eigenvalue weighted by atomic mass is 16.4. The van der Waals surface area contributed by atoms with Crippen LogP contribution in [0.15, 0.2) is 0 Å². The Morgan fingerprint density at radius 2 is 1.47 bits per heavy atom. The van der Waals surface area contributed by atoms with Crippen LogP contribution in [0, 0.1) is 5.92 Å². The van der Waals surface area contributed by atoms with Gasteiger partial charge in [-0.05, 0) is 64.3 Å². The maximum atomic E-state index is 13.6. The highest BCUT2D eigenvalue weighted by molar-refractivity contribution is 5.97. The lowest BCUT2D eigenvalue weighted by Crippen LogP contribution is -2.59. The van der Waals surface area contributed by atoms with Crippen molar-refractivity contribution in [2.75, 3.05) is 19.6 Å². The number of aliphatic carboxylic acids is 2. The van der Waals surface area contributed by atoms with Crippen LogP contribution in [-0.2, 0) is 43.2 Å². The van der Waals surface area contributed by atoms with Gasteiger partial charge in [-0.3, -0.25) is 38.4 Å². The first-order valence-corrected chi connectivity index (χ1v) is 16.9. The molecular weight excluding hydrogens is 674 g/mol. The number of unbranched alkanes of at least 4 members (excludes halogenated alkanes) is 1. The number of carboxylic acids is 2. The molecule has 6 atom stereocenters. The number of rotatable bonds is 23. The van der Waals surface area contributed by atoms with E-state index < -0.39 is 102 Å². The van der Waals surface area contributed by atoms with Gasteiger partial charge >= 0.3 is 11.9 Å². The number of nitrogens with one attached hydrogen (secondary N) is 5. The molecule has 0 aliphatic carbocycles. The van der Waals surface area contributed by atoms with Crippen molar-refractivity contribution in [3.63, 3.8) is 0 Å². The molecule has 0 bridgehead atoms. The van der Waals surface area contributed by atoms with Crippen LogP contribution in [0.3, 0.4) is 0 Å². The number of carbonyl (C=O) groups excluding carboxylic acids is 7. The number of hydrogen-bond donors (Lipinski definition) is 10. The van der Waals surface area contributed by atoms with Gasteiger partial charge in [0.05, 0.1) is 12.6 Å².